The molecule has 0 aliphatic rings. The Morgan fingerprint density at radius 2 is 1.81 bits per heavy atom. The Morgan fingerprint density at radius 3 is 2.47 bits per heavy atom. The van der Waals surface area contributed by atoms with Gasteiger partial charge in [-0.1, -0.05) is 29.6 Å². The molecule has 12 heteroatoms. The third-order valence-electron chi connectivity index (χ3n) is 4.21. The molecule has 1 aromatic carbocycles. The minimum Gasteiger partial charge on any atom is -0.325 e. The van der Waals surface area contributed by atoms with Crippen molar-refractivity contribution in [2.75, 3.05) is 11.1 Å². The number of hydrogen-bond donors (Lipinski definition) is 1. The van der Waals surface area contributed by atoms with Gasteiger partial charge in [-0.2, -0.15) is 13.2 Å². The lowest BCUT2D eigenvalue weighted by Gasteiger charge is -2.10. The van der Waals surface area contributed by atoms with E-state index in [0.29, 0.717) is 22.6 Å². The van der Waals surface area contributed by atoms with Crippen molar-refractivity contribution in [3.8, 4) is 0 Å². The SMILES string of the molecule is CCn1c(CSc2nc(C)cc(C)n2)nnc1SCC(=O)Nc1cccc(C(F)(F)F)c1. The molecule has 32 heavy (non-hydrogen) atoms. The number of rotatable bonds is 8. The Kier molecular flexibility index (Phi) is 7.77. The average Bonchev–Trinajstić information content (AvgIpc) is 3.11. The molecule has 3 rings (SSSR count). The van der Waals surface area contributed by atoms with Crippen LogP contribution in [0.5, 0.6) is 0 Å². The molecule has 0 aliphatic carbocycles. The van der Waals surface area contributed by atoms with Crippen LogP contribution in [-0.2, 0) is 23.3 Å². The van der Waals surface area contributed by atoms with Gasteiger partial charge in [0.25, 0.3) is 0 Å². The second kappa shape index (κ2) is 10.3. The summed E-state index contributed by atoms with van der Waals surface area (Å²) in [5.74, 6) is 0.795. The van der Waals surface area contributed by atoms with Gasteiger partial charge in [-0.25, -0.2) is 9.97 Å². The van der Waals surface area contributed by atoms with Gasteiger partial charge in [-0.3, -0.25) is 4.79 Å². The fraction of sp³-hybridized carbons (Fsp3) is 0.350. The second-order valence-electron chi connectivity index (χ2n) is 6.78. The van der Waals surface area contributed by atoms with E-state index in [2.05, 4.69) is 25.5 Å². The van der Waals surface area contributed by atoms with Crippen LogP contribution in [0.2, 0.25) is 0 Å². The van der Waals surface area contributed by atoms with Gasteiger partial charge in [-0.15, -0.1) is 10.2 Å². The van der Waals surface area contributed by atoms with E-state index in [0.717, 1.165) is 29.3 Å². The molecular weight excluding hydrogens is 461 g/mol. The van der Waals surface area contributed by atoms with Gasteiger partial charge in [0.2, 0.25) is 5.91 Å². The fourth-order valence-corrected chi connectivity index (χ4v) is 4.55. The number of hydrogen-bond acceptors (Lipinski definition) is 7. The Bertz CT molecular complexity index is 1080. The number of halogens is 3. The van der Waals surface area contributed by atoms with Crippen LogP contribution in [0.3, 0.4) is 0 Å². The number of anilines is 1. The van der Waals surface area contributed by atoms with Crippen molar-refractivity contribution >= 4 is 35.1 Å². The van der Waals surface area contributed by atoms with E-state index in [-0.39, 0.29) is 11.4 Å². The summed E-state index contributed by atoms with van der Waals surface area (Å²) >= 11 is 2.62. The molecule has 0 saturated carbocycles. The zero-order valence-corrected chi connectivity index (χ0v) is 19.2. The summed E-state index contributed by atoms with van der Waals surface area (Å²) in [5.41, 5.74) is 1.05. The zero-order valence-electron chi connectivity index (χ0n) is 17.6. The van der Waals surface area contributed by atoms with Crippen molar-refractivity contribution in [1.82, 2.24) is 24.7 Å². The Labute approximate surface area is 191 Å². The number of benzene rings is 1. The molecule has 1 N–H and O–H groups in total. The quantitative estimate of drug-likeness (QED) is 0.366. The first kappa shape index (κ1) is 24.1. The molecule has 0 radical (unpaired) electrons. The van der Waals surface area contributed by atoms with E-state index in [9.17, 15) is 18.0 Å². The predicted octanol–water partition coefficient (Wildman–Crippen LogP) is 4.75. The minimum absolute atomic E-state index is 0.0122. The van der Waals surface area contributed by atoms with Crippen molar-refractivity contribution in [3.05, 3.63) is 53.1 Å². The van der Waals surface area contributed by atoms with Gasteiger partial charge >= 0.3 is 6.18 Å². The molecule has 0 unspecified atom stereocenters. The molecule has 1 amide bonds. The molecule has 3 aromatic rings. The number of nitrogens with zero attached hydrogens (tertiary/aromatic N) is 5. The highest BCUT2D eigenvalue weighted by Gasteiger charge is 2.30. The number of amides is 1. The third kappa shape index (κ3) is 6.45. The van der Waals surface area contributed by atoms with Crippen LogP contribution in [0.25, 0.3) is 0 Å². The summed E-state index contributed by atoms with van der Waals surface area (Å²) in [4.78, 5) is 21.0. The van der Waals surface area contributed by atoms with Crippen LogP contribution in [0.4, 0.5) is 18.9 Å². The lowest BCUT2D eigenvalue weighted by Crippen LogP contribution is -2.15. The monoisotopic (exact) mass is 482 g/mol. The number of nitrogens with one attached hydrogen (secondary N) is 1. The molecule has 170 valence electrons. The number of aryl methyl sites for hydroxylation is 2. The number of carbonyl (C=O) groups is 1. The first-order valence-electron chi connectivity index (χ1n) is 9.62. The topological polar surface area (TPSA) is 85.6 Å². The van der Waals surface area contributed by atoms with Crippen molar-refractivity contribution < 1.29 is 18.0 Å². The average molecular weight is 483 g/mol. The standard InChI is InChI=1S/C20H21F3N6OS2/c1-4-29-16(10-31-18-24-12(2)8-13(3)25-18)27-28-19(29)32-11-17(30)26-15-7-5-6-14(9-15)20(21,22)23/h5-9H,4,10-11H2,1-3H3,(H,26,30). The van der Waals surface area contributed by atoms with E-state index in [1.54, 1.807) is 0 Å². The molecule has 0 fully saturated rings. The summed E-state index contributed by atoms with van der Waals surface area (Å²) in [5, 5.41) is 12.1. The van der Waals surface area contributed by atoms with Crippen molar-refractivity contribution in [2.24, 2.45) is 0 Å². The van der Waals surface area contributed by atoms with Gasteiger partial charge < -0.3 is 9.88 Å². The van der Waals surface area contributed by atoms with Gasteiger partial charge in [0.1, 0.15) is 5.82 Å². The number of carbonyl (C=O) groups excluding carboxylic acids is 1. The summed E-state index contributed by atoms with van der Waals surface area (Å²) < 4.78 is 40.4. The highest BCUT2D eigenvalue weighted by molar-refractivity contribution is 7.99. The molecule has 0 atom stereocenters. The molecule has 2 aromatic heterocycles. The van der Waals surface area contributed by atoms with Crippen molar-refractivity contribution in [2.45, 2.75) is 49.6 Å². The normalized spacial score (nSPS) is 11.6. The lowest BCUT2D eigenvalue weighted by atomic mass is 10.2. The summed E-state index contributed by atoms with van der Waals surface area (Å²) in [6.45, 7) is 6.37. The van der Waals surface area contributed by atoms with E-state index >= 15 is 0 Å². The number of aromatic nitrogens is 5. The Hall–Kier alpha value is -2.60. The van der Waals surface area contributed by atoms with Crippen LogP contribution in [0.15, 0.2) is 40.6 Å². The maximum Gasteiger partial charge on any atom is 0.416 e. The summed E-state index contributed by atoms with van der Waals surface area (Å²) in [6.07, 6.45) is -4.47. The summed E-state index contributed by atoms with van der Waals surface area (Å²) in [6, 6.07) is 6.43. The number of alkyl halides is 3. The van der Waals surface area contributed by atoms with E-state index in [1.807, 2.05) is 31.4 Å². The second-order valence-corrected chi connectivity index (χ2v) is 8.67. The predicted molar refractivity (Wildman–Crippen MR) is 118 cm³/mol. The molecule has 0 aliphatic heterocycles. The van der Waals surface area contributed by atoms with Gasteiger partial charge in [0, 0.05) is 23.6 Å². The largest absolute Gasteiger partial charge is 0.416 e. The molecule has 2 heterocycles. The lowest BCUT2D eigenvalue weighted by molar-refractivity contribution is -0.137. The third-order valence-corrected chi connectivity index (χ3v) is 6.02. The number of thioether (sulfide) groups is 2. The molecule has 7 nitrogen and oxygen atoms in total. The van der Waals surface area contributed by atoms with E-state index in [4.69, 9.17) is 0 Å². The van der Waals surface area contributed by atoms with Crippen molar-refractivity contribution in [3.63, 3.8) is 0 Å². The van der Waals surface area contributed by atoms with Crippen LogP contribution in [0, 0.1) is 13.8 Å². The van der Waals surface area contributed by atoms with Crippen molar-refractivity contribution in [1.29, 1.82) is 0 Å². The highest BCUT2D eigenvalue weighted by Crippen LogP contribution is 2.30. The minimum atomic E-state index is -4.47. The first-order chi connectivity index (χ1) is 15.2. The van der Waals surface area contributed by atoms with Crippen LogP contribution < -0.4 is 5.32 Å². The molecule has 0 saturated heterocycles. The zero-order chi connectivity index (χ0) is 23.3. The first-order valence-corrected chi connectivity index (χ1v) is 11.6. The van der Waals surface area contributed by atoms with Gasteiger partial charge in [0.05, 0.1) is 17.1 Å². The maximum atomic E-state index is 12.8. The fourth-order valence-electron chi connectivity index (χ4n) is 2.84. The maximum absolute atomic E-state index is 12.8. The molecule has 0 bridgehead atoms. The smallest absolute Gasteiger partial charge is 0.325 e. The van der Waals surface area contributed by atoms with E-state index in [1.165, 1.54) is 35.7 Å². The molecule has 0 spiro atoms. The Morgan fingerprint density at radius 1 is 1.09 bits per heavy atom. The highest BCUT2D eigenvalue weighted by atomic mass is 32.2. The van der Waals surface area contributed by atoms with Crippen LogP contribution in [-0.4, -0.2) is 36.4 Å². The van der Waals surface area contributed by atoms with Crippen LogP contribution >= 0.6 is 23.5 Å². The Balaban J connectivity index is 1.59. The summed E-state index contributed by atoms with van der Waals surface area (Å²) in [7, 11) is 0. The molecular formula is C20H21F3N6OS2. The van der Waals surface area contributed by atoms with Gasteiger partial charge in [0.15, 0.2) is 10.3 Å². The van der Waals surface area contributed by atoms with E-state index < -0.39 is 17.6 Å². The van der Waals surface area contributed by atoms with Gasteiger partial charge in [-0.05, 0) is 45.0 Å². The van der Waals surface area contributed by atoms with Crippen LogP contribution in [0.1, 0.15) is 29.7 Å².